The van der Waals surface area contributed by atoms with Gasteiger partial charge in [0.05, 0.1) is 6.10 Å². The average Bonchev–Trinajstić information content (AvgIpc) is 2.63. The molecule has 2 aliphatic rings. The van der Waals surface area contributed by atoms with Gasteiger partial charge >= 0.3 is 5.97 Å². The quantitative estimate of drug-likeness (QED) is 0.590. The average molecular weight is 170 g/mol. The van der Waals surface area contributed by atoms with Crippen molar-refractivity contribution in [2.75, 3.05) is 0 Å². The normalized spacial score (nSPS) is 38.6. The van der Waals surface area contributed by atoms with Crippen LogP contribution in [-0.4, -0.2) is 17.9 Å². The molecule has 0 aromatic heterocycles. The Morgan fingerprint density at radius 3 is 2.67 bits per heavy atom. The van der Waals surface area contributed by atoms with Crippen LogP contribution in [0.1, 0.15) is 39.0 Å². The molecule has 0 spiro atoms. The van der Waals surface area contributed by atoms with Gasteiger partial charge in [0.15, 0.2) is 0 Å². The molecule has 2 bridgehead atoms. The van der Waals surface area contributed by atoms with Gasteiger partial charge < -0.3 is 9.47 Å². The molecule has 2 fully saturated rings. The highest BCUT2D eigenvalue weighted by Gasteiger charge is 2.49. The zero-order valence-corrected chi connectivity index (χ0v) is 7.34. The molecule has 3 nitrogen and oxygen atoms in total. The SMILES string of the molecule is CCC(=O)OC12CCC(CC1)O2. The lowest BCUT2D eigenvalue weighted by molar-refractivity contribution is -0.205. The Kier molecular flexibility index (Phi) is 1.83. The fourth-order valence-electron chi connectivity index (χ4n) is 1.98. The van der Waals surface area contributed by atoms with Crippen molar-refractivity contribution in [3.8, 4) is 0 Å². The number of hydrogen-bond acceptors (Lipinski definition) is 3. The van der Waals surface area contributed by atoms with Crippen molar-refractivity contribution in [3.05, 3.63) is 0 Å². The van der Waals surface area contributed by atoms with Crippen LogP contribution >= 0.6 is 0 Å². The number of fused-ring (bicyclic) bond motifs is 2. The summed E-state index contributed by atoms with van der Waals surface area (Å²) in [5.41, 5.74) is 0. The van der Waals surface area contributed by atoms with E-state index in [2.05, 4.69) is 0 Å². The van der Waals surface area contributed by atoms with Crippen molar-refractivity contribution in [2.45, 2.75) is 50.9 Å². The van der Waals surface area contributed by atoms with Gasteiger partial charge in [-0.25, -0.2) is 0 Å². The second-order valence-corrected chi connectivity index (χ2v) is 3.56. The predicted molar refractivity (Wildman–Crippen MR) is 42.5 cm³/mol. The van der Waals surface area contributed by atoms with Gasteiger partial charge in [-0.1, -0.05) is 6.92 Å². The maximum absolute atomic E-state index is 11.0. The molecule has 2 rings (SSSR count). The molecule has 0 unspecified atom stereocenters. The Morgan fingerprint density at radius 1 is 1.58 bits per heavy atom. The molecule has 12 heavy (non-hydrogen) atoms. The Hall–Kier alpha value is -0.570. The highest BCUT2D eigenvalue weighted by molar-refractivity contribution is 5.69. The van der Waals surface area contributed by atoms with Crippen LogP contribution < -0.4 is 0 Å². The minimum atomic E-state index is -0.516. The molecule has 0 amide bonds. The predicted octanol–water partition coefficient (Wildman–Crippen LogP) is 1.61. The number of hydrogen-bond donors (Lipinski definition) is 0. The fraction of sp³-hybridized carbons (Fsp3) is 0.889. The smallest absolute Gasteiger partial charge is 0.308 e. The number of esters is 1. The minimum Gasteiger partial charge on any atom is -0.433 e. The molecule has 0 aliphatic carbocycles. The highest BCUT2D eigenvalue weighted by Crippen LogP contribution is 2.44. The van der Waals surface area contributed by atoms with Gasteiger partial charge in [0.1, 0.15) is 0 Å². The molecule has 2 aliphatic heterocycles. The molecule has 0 radical (unpaired) electrons. The van der Waals surface area contributed by atoms with Crippen molar-refractivity contribution >= 4 is 5.97 Å². The molecule has 0 aromatic rings. The molecule has 2 saturated heterocycles. The lowest BCUT2D eigenvalue weighted by atomic mass is 9.98. The van der Waals surface area contributed by atoms with Crippen molar-refractivity contribution in [1.82, 2.24) is 0 Å². The third-order valence-corrected chi connectivity index (χ3v) is 2.66. The zero-order valence-electron chi connectivity index (χ0n) is 7.34. The van der Waals surface area contributed by atoms with Crippen LogP contribution in [0.2, 0.25) is 0 Å². The summed E-state index contributed by atoms with van der Waals surface area (Å²) in [5.74, 6) is -0.657. The molecular formula is C9H14O3. The molecule has 68 valence electrons. The first-order valence-electron chi connectivity index (χ1n) is 4.64. The van der Waals surface area contributed by atoms with Crippen molar-refractivity contribution < 1.29 is 14.3 Å². The number of ether oxygens (including phenoxy) is 2. The van der Waals surface area contributed by atoms with Crippen molar-refractivity contribution in [2.24, 2.45) is 0 Å². The maximum Gasteiger partial charge on any atom is 0.308 e. The molecule has 3 heteroatoms. The molecular weight excluding hydrogens is 156 g/mol. The molecule has 0 atom stereocenters. The third-order valence-electron chi connectivity index (χ3n) is 2.66. The third kappa shape index (κ3) is 1.22. The maximum atomic E-state index is 11.0. The Balaban J connectivity index is 1.98. The summed E-state index contributed by atoms with van der Waals surface area (Å²) in [7, 11) is 0. The Morgan fingerprint density at radius 2 is 2.25 bits per heavy atom. The molecule has 2 heterocycles. The van der Waals surface area contributed by atoms with Gasteiger partial charge in [-0.15, -0.1) is 0 Å². The lowest BCUT2D eigenvalue weighted by Crippen LogP contribution is -2.31. The van der Waals surface area contributed by atoms with E-state index in [1.807, 2.05) is 0 Å². The van der Waals surface area contributed by atoms with Crippen LogP contribution in [0.15, 0.2) is 0 Å². The van der Waals surface area contributed by atoms with Gasteiger partial charge in [-0.05, 0) is 12.8 Å². The summed E-state index contributed by atoms with van der Waals surface area (Å²) in [5, 5.41) is 0. The van der Waals surface area contributed by atoms with E-state index in [-0.39, 0.29) is 5.97 Å². The van der Waals surface area contributed by atoms with E-state index in [9.17, 15) is 4.79 Å². The van der Waals surface area contributed by atoms with E-state index in [1.54, 1.807) is 6.92 Å². The number of carbonyl (C=O) groups is 1. The van der Waals surface area contributed by atoms with Gasteiger partial charge in [0.25, 0.3) is 0 Å². The first-order valence-corrected chi connectivity index (χ1v) is 4.64. The van der Waals surface area contributed by atoms with Gasteiger partial charge in [0.2, 0.25) is 5.79 Å². The summed E-state index contributed by atoms with van der Waals surface area (Å²) in [4.78, 5) is 11.0. The van der Waals surface area contributed by atoms with Crippen molar-refractivity contribution in [3.63, 3.8) is 0 Å². The number of rotatable bonds is 2. The Bertz CT molecular complexity index is 192. The van der Waals surface area contributed by atoms with E-state index in [0.717, 1.165) is 25.7 Å². The van der Waals surface area contributed by atoms with Gasteiger partial charge in [-0.3, -0.25) is 4.79 Å². The summed E-state index contributed by atoms with van der Waals surface area (Å²) < 4.78 is 10.9. The zero-order chi connectivity index (χ0) is 8.60. The van der Waals surface area contributed by atoms with E-state index >= 15 is 0 Å². The first kappa shape index (κ1) is 8.05. The molecule has 0 N–H and O–H groups in total. The second kappa shape index (κ2) is 2.73. The standard InChI is InChI=1S/C9H14O3/c1-2-8(10)12-9-5-3-7(11-9)4-6-9/h7H,2-6H2,1H3. The van der Waals surface area contributed by atoms with Crippen molar-refractivity contribution in [1.29, 1.82) is 0 Å². The number of carbonyl (C=O) groups excluding carboxylic acids is 1. The summed E-state index contributed by atoms with van der Waals surface area (Å²) in [6, 6.07) is 0. The fourth-order valence-corrected chi connectivity index (χ4v) is 1.98. The summed E-state index contributed by atoms with van der Waals surface area (Å²) in [6.07, 6.45) is 4.69. The van der Waals surface area contributed by atoms with Crippen LogP contribution in [0.25, 0.3) is 0 Å². The van der Waals surface area contributed by atoms with Crippen LogP contribution in [0.4, 0.5) is 0 Å². The Labute approximate surface area is 72.0 Å². The van der Waals surface area contributed by atoms with Crippen LogP contribution in [0.5, 0.6) is 0 Å². The summed E-state index contributed by atoms with van der Waals surface area (Å²) >= 11 is 0. The van der Waals surface area contributed by atoms with E-state index in [1.165, 1.54) is 0 Å². The molecule has 0 saturated carbocycles. The first-order chi connectivity index (χ1) is 5.74. The minimum absolute atomic E-state index is 0.141. The van der Waals surface area contributed by atoms with Crippen LogP contribution in [-0.2, 0) is 14.3 Å². The monoisotopic (exact) mass is 170 g/mol. The summed E-state index contributed by atoms with van der Waals surface area (Å²) in [6.45, 7) is 1.81. The topological polar surface area (TPSA) is 35.5 Å². The van der Waals surface area contributed by atoms with E-state index in [0.29, 0.717) is 12.5 Å². The highest BCUT2D eigenvalue weighted by atomic mass is 16.7. The lowest BCUT2D eigenvalue weighted by Gasteiger charge is -2.24. The van der Waals surface area contributed by atoms with Crippen LogP contribution in [0, 0.1) is 0 Å². The van der Waals surface area contributed by atoms with Gasteiger partial charge in [0, 0.05) is 19.3 Å². The second-order valence-electron chi connectivity index (χ2n) is 3.56. The van der Waals surface area contributed by atoms with E-state index < -0.39 is 5.79 Å². The molecule has 0 aromatic carbocycles. The largest absolute Gasteiger partial charge is 0.433 e. The van der Waals surface area contributed by atoms with Gasteiger partial charge in [-0.2, -0.15) is 0 Å². The van der Waals surface area contributed by atoms with Crippen LogP contribution in [0.3, 0.4) is 0 Å². The van der Waals surface area contributed by atoms with E-state index in [4.69, 9.17) is 9.47 Å².